The summed E-state index contributed by atoms with van der Waals surface area (Å²) in [6.45, 7) is -0.391. The molecular weight excluding hydrogens is 433 g/mol. The van der Waals surface area contributed by atoms with Crippen LogP contribution < -0.4 is 5.32 Å². The van der Waals surface area contributed by atoms with E-state index in [4.69, 9.17) is 0 Å². The van der Waals surface area contributed by atoms with Crippen molar-refractivity contribution in [1.29, 1.82) is 0 Å². The average molecular weight is 446 g/mol. The Morgan fingerprint density at radius 1 is 1.17 bits per heavy atom. The highest BCUT2D eigenvalue weighted by Gasteiger charge is 2.36. The van der Waals surface area contributed by atoms with Gasteiger partial charge in [-0.3, -0.25) is 19.3 Å². The van der Waals surface area contributed by atoms with Crippen LogP contribution in [0.25, 0.3) is 17.3 Å². The van der Waals surface area contributed by atoms with Crippen molar-refractivity contribution in [3.05, 3.63) is 62.8 Å². The number of thioether (sulfide) groups is 1. The molecule has 0 spiro atoms. The number of aromatic nitrogens is 1. The molecule has 2 aromatic heterocycles. The maximum Gasteiger partial charge on any atom is 0.294 e. The highest BCUT2D eigenvalue weighted by atomic mass is 32.2. The molecule has 0 radical (unpaired) electrons. The highest BCUT2D eigenvalue weighted by molar-refractivity contribution is 8.18. The number of carbonyl (C=O) groups is 3. The van der Waals surface area contributed by atoms with Gasteiger partial charge in [0.1, 0.15) is 12.4 Å². The Balaban J connectivity index is 1.40. The van der Waals surface area contributed by atoms with E-state index in [1.54, 1.807) is 23.6 Å². The van der Waals surface area contributed by atoms with Crippen molar-refractivity contribution >= 4 is 62.7 Å². The zero-order valence-corrected chi connectivity index (χ0v) is 17.1. The summed E-state index contributed by atoms with van der Waals surface area (Å²) in [6, 6.07) is 9.54. The lowest BCUT2D eigenvalue weighted by atomic mass is 10.2. The zero-order chi connectivity index (χ0) is 20.4. The van der Waals surface area contributed by atoms with Crippen LogP contribution in [-0.2, 0) is 9.59 Å². The molecule has 3 aromatic rings. The maximum absolute atomic E-state index is 13.0. The van der Waals surface area contributed by atoms with Gasteiger partial charge >= 0.3 is 0 Å². The number of rotatable bonds is 5. The largest absolute Gasteiger partial charge is 0.300 e. The van der Waals surface area contributed by atoms with Gasteiger partial charge in [0, 0.05) is 15.8 Å². The van der Waals surface area contributed by atoms with Crippen LogP contribution in [0.5, 0.6) is 0 Å². The first-order valence-electron chi connectivity index (χ1n) is 8.30. The summed E-state index contributed by atoms with van der Waals surface area (Å²) < 4.78 is 13.0. The molecule has 1 aromatic carbocycles. The normalized spacial score (nSPS) is 15.3. The summed E-state index contributed by atoms with van der Waals surface area (Å²) >= 11 is 3.46. The van der Waals surface area contributed by atoms with E-state index in [2.05, 4.69) is 10.3 Å². The number of thiophene rings is 1. The van der Waals surface area contributed by atoms with Gasteiger partial charge in [0.25, 0.3) is 11.1 Å². The Hall–Kier alpha value is -2.82. The number of benzene rings is 1. The second-order valence-electron chi connectivity index (χ2n) is 5.88. The Kier molecular flexibility index (Phi) is 5.56. The van der Waals surface area contributed by atoms with Crippen LogP contribution >= 0.6 is 34.4 Å². The molecular formula is C19H12FN3O3S3. The fourth-order valence-corrected chi connectivity index (χ4v) is 4.82. The van der Waals surface area contributed by atoms with Crippen LogP contribution in [0.4, 0.5) is 14.3 Å². The predicted molar refractivity (Wildman–Crippen MR) is 113 cm³/mol. The first-order chi connectivity index (χ1) is 14.0. The van der Waals surface area contributed by atoms with Crippen molar-refractivity contribution in [2.45, 2.75) is 0 Å². The Morgan fingerprint density at radius 3 is 2.69 bits per heavy atom. The van der Waals surface area contributed by atoms with Gasteiger partial charge in [-0.1, -0.05) is 6.07 Å². The molecule has 4 rings (SSSR count). The summed E-state index contributed by atoms with van der Waals surface area (Å²) in [5, 5.41) is 6.04. The lowest BCUT2D eigenvalue weighted by molar-refractivity contribution is -0.127. The molecule has 0 unspecified atom stereocenters. The minimum Gasteiger partial charge on any atom is -0.300 e. The molecule has 1 aliphatic heterocycles. The standard InChI is InChI=1S/C19H12FN3O3S3/c20-12-5-3-11(4-6-12)14-10-28-18(21-14)22-16(24)9-23-17(25)15(29-19(23)26)8-13-2-1-7-27-13/h1-8,10H,9H2,(H,21,22,24)/b15-8-. The van der Waals surface area contributed by atoms with E-state index in [9.17, 15) is 18.8 Å². The predicted octanol–water partition coefficient (Wildman–Crippen LogP) is 4.69. The molecule has 6 nitrogen and oxygen atoms in total. The molecule has 0 atom stereocenters. The molecule has 1 N–H and O–H groups in total. The van der Waals surface area contributed by atoms with Gasteiger partial charge in [0.05, 0.1) is 10.6 Å². The van der Waals surface area contributed by atoms with E-state index in [1.165, 1.54) is 34.8 Å². The smallest absolute Gasteiger partial charge is 0.294 e. The fourth-order valence-electron chi connectivity index (χ4n) is 2.53. The van der Waals surface area contributed by atoms with E-state index in [0.717, 1.165) is 21.5 Å². The first kappa shape index (κ1) is 19.5. The van der Waals surface area contributed by atoms with E-state index >= 15 is 0 Å². The van der Waals surface area contributed by atoms with Crippen LogP contribution in [0.15, 0.2) is 52.1 Å². The molecule has 1 aliphatic rings. The van der Waals surface area contributed by atoms with E-state index in [0.29, 0.717) is 16.4 Å². The number of hydrogen-bond donors (Lipinski definition) is 1. The third-order valence-corrected chi connectivity index (χ3v) is 6.37. The summed E-state index contributed by atoms with van der Waals surface area (Å²) in [7, 11) is 0. The number of carbonyl (C=O) groups excluding carboxylic acids is 3. The SMILES string of the molecule is O=C(CN1C(=O)S/C(=C\c2cccs2)C1=O)Nc1nc(-c2ccc(F)cc2)cs1. The molecule has 3 heterocycles. The van der Waals surface area contributed by atoms with Crippen molar-refractivity contribution in [2.24, 2.45) is 0 Å². The van der Waals surface area contributed by atoms with Gasteiger partial charge in [-0.2, -0.15) is 0 Å². The number of halogens is 1. The molecule has 146 valence electrons. The Labute approximate surface area is 177 Å². The lowest BCUT2D eigenvalue weighted by Gasteiger charge is -2.11. The third kappa shape index (κ3) is 4.44. The van der Waals surface area contributed by atoms with Crippen molar-refractivity contribution in [3.8, 4) is 11.3 Å². The number of thiazole rings is 1. The van der Waals surface area contributed by atoms with Gasteiger partial charge in [0.2, 0.25) is 5.91 Å². The average Bonchev–Trinajstić information content (AvgIpc) is 3.42. The molecule has 10 heteroatoms. The molecule has 3 amide bonds. The van der Waals surface area contributed by atoms with Crippen LogP contribution in [0.2, 0.25) is 0 Å². The number of amides is 3. The summed E-state index contributed by atoms with van der Waals surface area (Å²) in [6.07, 6.45) is 1.64. The number of nitrogens with zero attached hydrogens (tertiary/aromatic N) is 2. The van der Waals surface area contributed by atoms with Gasteiger partial charge in [0.15, 0.2) is 5.13 Å². The minimum absolute atomic E-state index is 0.290. The quantitative estimate of drug-likeness (QED) is 0.577. The lowest BCUT2D eigenvalue weighted by Crippen LogP contribution is -2.36. The maximum atomic E-state index is 13.0. The molecule has 0 bridgehead atoms. The fraction of sp³-hybridized carbons (Fsp3) is 0.0526. The van der Waals surface area contributed by atoms with Crippen LogP contribution in [0.1, 0.15) is 4.88 Å². The monoisotopic (exact) mass is 445 g/mol. The van der Waals surface area contributed by atoms with Crippen LogP contribution in [0, 0.1) is 5.82 Å². The number of imide groups is 1. The van der Waals surface area contributed by atoms with Gasteiger partial charge in [-0.25, -0.2) is 9.37 Å². The first-order valence-corrected chi connectivity index (χ1v) is 10.9. The van der Waals surface area contributed by atoms with Gasteiger partial charge in [-0.05, 0) is 53.5 Å². The summed E-state index contributed by atoms with van der Waals surface area (Å²) in [5.74, 6) is -1.36. The molecule has 29 heavy (non-hydrogen) atoms. The van der Waals surface area contributed by atoms with Crippen molar-refractivity contribution in [3.63, 3.8) is 0 Å². The van der Waals surface area contributed by atoms with E-state index in [1.807, 2.05) is 17.5 Å². The van der Waals surface area contributed by atoms with Gasteiger partial charge in [-0.15, -0.1) is 22.7 Å². The summed E-state index contributed by atoms with van der Waals surface area (Å²) in [4.78, 5) is 43.2. The number of anilines is 1. The van der Waals surface area contributed by atoms with Crippen molar-refractivity contribution < 1.29 is 18.8 Å². The highest BCUT2D eigenvalue weighted by Crippen LogP contribution is 2.33. The topological polar surface area (TPSA) is 79.4 Å². The molecule has 0 aliphatic carbocycles. The minimum atomic E-state index is -0.523. The number of nitrogens with one attached hydrogen (secondary N) is 1. The van der Waals surface area contributed by atoms with E-state index in [-0.39, 0.29) is 10.7 Å². The molecule has 0 saturated carbocycles. The summed E-state index contributed by atoms with van der Waals surface area (Å²) in [5.41, 5.74) is 1.31. The molecule has 1 saturated heterocycles. The zero-order valence-electron chi connectivity index (χ0n) is 14.6. The Morgan fingerprint density at radius 2 is 1.97 bits per heavy atom. The Bertz CT molecular complexity index is 1110. The van der Waals surface area contributed by atoms with E-state index < -0.39 is 23.6 Å². The second kappa shape index (κ2) is 8.27. The van der Waals surface area contributed by atoms with Crippen molar-refractivity contribution in [2.75, 3.05) is 11.9 Å². The second-order valence-corrected chi connectivity index (χ2v) is 8.71. The van der Waals surface area contributed by atoms with Crippen LogP contribution in [0.3, 0.4) is 0 Å². The molecule has 1 fully saturated rings. The third-order valence-electron chi connectivity index (χ3n) is 3.88. The number of hydrogen-bond acceptors (Lipinski definition) is 7. The van der Waals surface area contributed by atoms with Crippen LogP contribution in [-0.4, -0.2) is 33.5 Å². The van der Waals surface area contributed by atoms with Gasteiger partial charge < -0.3 is 5.32 Å². The van der Waals surface area contributed by atoms with Crippen molar-refractivity contribution in [1.82, 2.24) is 9.88 Å².